The van der Waals surface area contributed by atoms with E-state index >= 15 is 0 Å². The quantitative estimate of drug-likeness (QED) is 0.211. The van der Waals surface area contributed by atoms with E-state index in [9.17, 15) is 14.4 Å². The molecule has 0 unspecified atom stereocenters. The number of carbonyl (C=O) groups is 3. The van der Waals surface area contributed by atoms with Crippen LogP contribution < -0.4 is 0 Å². The van der Waals surface area contributed by atoms with Crippen molar-refractivity contribution in [1.82, 2.24) is 4.90 Å². The Hall–Kier alpha value is -4.22. The molecule has 0 atom stereocenters. The lowest BCUT2D eigenvalue weighted by Gasteiger charge is -2.23. The van der Waals surface area contributed by atoms with Gasteiger partial charge in [-0.15, -0.1) is 0 Å². The Kier molecular flexibility index (Phi) is 8.27. The van der Waals surface area contributed by atoms with Crippen LogP contribution in [0.25, 0.3) is 0 Å². The maximum Gasteiger partial charge on any atom is 0.339 e. The molecule has 0 spiro atoms. The first-order valence-corrected chi connectivity index (χ1v) is 11.8. The van der Waals surface area contributed by atoms with Gasteiger partial charge >= 0.3 is 5.97 Å². The number of hydrogen-bond donors (Lipinski definition) is 0. The lowest BCUT2D eigenvalue weighted by molar-refractivity contribution is -0.135. The summed E-state index contributed by atoms with van der Waals surface area (Å²) in [7, 11) is 0. The topological polar surface area (TPSA) is 63.7 Å². The van der Waals surface area contributed by atoms with Crippen LogP contribution in [-0.4, -0.2) is 29.2 Å². The lowest BCUT2D eigenvalue weighted by Crippen LogP contribution is -2.34. The zero-order valence-electron chi connectivity index (χ0n) is 19.5. The van der Waals surface area contributed by atoms with E-state index in [1.165, 1.54) is 6.07 Å². The van der Waals surface area contributed by atoms with Gasteiger partial charge in [-0.25, -0.2) is 4.79 Å². The third-order valence-corrected chi connectivity index (χ3v) is 5.86. The van der Waals surface area contributed by atoms with Gasteiger partial charge in [-0.3, -0.25) is 9.59 Å². The zero-order chi connectivity index (χ0) is 25.3. The first-order chi connectivity index (χ1) is 17.5. The first-order valence-electron chi connectivity index (χ1n) is 11.4. The van der Waals surface area contributed by atoms with Crippen LogP contribution >= 0.6 is 11.6 Å². The number of nitrogens with zero attached hydrogens (tertiary/aromatic N) is 1. The smallest absolute Gasteiger partial charge is 0.339 e. The van der Waals surface area contributed by atoms with Crippen molar-refractivity contribution in [2.24, 2.45) is 0 Å². The molecule has 0 aromatic heterocycles. The number of halogens is 1. The number of ether oxygens (including phenoxy) is 1. The second-order valence-electron chi connectivity index (χ2n) is 8.18. The Morgan fingerprint density at radius 2 is 1.14 bits per heavy atom. The maximum absolute atomic E-state index is 13.1. The van der Waals surface area contributed by atoms with Crippen LogP contribution in [0.2, 0.25) is 5.02 Å². The molecule has 36 heavy (non-hydrogen) atoms. The van der Waals surface area contributed by atoms with E-state index in [1.807, 2.05) is 60.7 Å². The molecule has 0 bridgehead atoms. The van der Waals surface area contributed by atoms with Gasteiger partial charge in [-0.2, -0.15) is 0 Å². The van der Waals surface area contributed by atoms with Gasteiger partial charge in [0, 0.05) is 29.2 Å². The van der Waals surface area contributed by atoms with E-state index in [2.05, 4.69) is 0 Å². The van der Waals surface area contributed by atoms with E-state index in [1.54, 1.807) is 47.4 Å². The van der Waals surface area contributed by atoms with Crippen LogP contribution in [0, 0.1) is 0 Å². The van der Waals surface area contributed by atoms with Gasteiger partial charge in [-0.05, 0) is 41.5 Å². The highest BCUT2D eigenvalue weighted by Gasteiger charge is 2.22. The Bertz CT molecular complexity index is 1300. The van der Waals surface area contributed by atoms with Crippen LogP contribution in [-0.2, 0) is 22.6 Å². The molecule has 0 N–H and O–H groups in total. The van der Waals surface area contributed by atoms with Crippen LogP contribution in [0.4, 0.5) is 0 Å². The van der Waals surface area contributed by atoms with Gasteiger partial charge in [0.2, 0.25) is 0 Å². The molecular weight excluding hydrogens is 474 g/mol. The van der Waals surface area contributed by atoms with Crippen molar-refractivity contribution < 1.29 is 19.1 Å². The second kappa shape index (κ2) is 12.0. The SMILES string of the molecule is O=C(OCC(=O)N(Cc1ccccc1)Cc1ccccc1)c1ccccc1C(=O)c1ccc(Cl)cc1. The Balaban J connectivity index is 1.48. The van der Waals surface area contributed by atoms with Crippen molar-refractivity contribution in [1.29, 1.82) is 0 Å². The van der Waals surface area contributed by atoms with Gasteiger partial charge in [0.15, 0.2) is 12.4 Å². The third-order valence-electron chi connectivity index (χ3n) is 5.61. The molecule has 0 radical (unpaired) electrons. The fourth-order valence-electron chi connectivity index (χ4n) is 3.75. The fourth-order valence-corrected chi connectivity index (χ4v) is 3.88. The summed E-state index contributed by atoms with van der Waals surface area (Å²) in [6, 6.07) is 32.1. The summed E-state index contributed by atoms with van der Waals surface area (Å²) in [4.78, 5) is 40.7. The summed E-state index contributed by atoms with van der Waals surface area (Å²) in [5.74, 6) is -1.40. The molecular formula is C30H24ClNO4. The van der Waals surface area contributed by atoms with E-state index < -0.39 is 12.6 Å². The van der Waals surface area contributed by atoms with Gasteiger partial charge in [-0.1, -0.05) is 90.5 Å². The van der Waals surface area contributed by atoms with Gasteiger partial charge in [0.1, 0.15) is 0 Å². The fraction of sp³-hybridized carbons (Fsp3) is 0.100. The van der Waals surface area contributed by atoms with Crippen molar-refractivity contribution in [2.75, 3.05) is 6.61 Å². The monoisotopic (exact) mass is 497 g/mol. The molecule has 5 nitrogen and oxygen atoms in total. The lowest BCUT2D eigenvalue weighted by atomic mass is 9.98. The van der Waals surface area contributed by atoms with Crippen molar-refractivity contribution in [3.63, 3.8) is 0 Å². The second-order valence-corrected chi connectivity index (χ2v) is 8.62. The van der Waals surface area contributed by atoms with Gasteiger partial charge in [0.25, 0.3) is 5.91 Å². The van der Waals surface area contributed by atoms with Crippen molar-refractivity contribution in [3.8, 4) is 0 Å². The Morgan fingerprint density at radius 1 is 0.639 bits per heavy atom. The van der Waals surface area contributed by atoms with Crippen molar-refractivity contribution in [3.05, 3.63) is 142 Å². The van der Waals surface area contributed by atoms with Gasteiger partial charge in [0.05, 0.1) is 5.56 Å². The van der Waals surface area contributed by atoms with Crippen LogP contribution in [0.1, 0.15) is 37.4 Å². The molecule has 4 aromatic carbocycles. The van der Waals surface area contributed by atoms with E-state index in [-0.39, 0.29) is 22.8 Å². The molecule has 0 heterocycles. The zero-order valence-corrected chi connectivity index (χ0v) is 20.2. The number of benzene rings is 4. The van der Waals surface area contributed by atoms with E-state index in [0.29, 0.717) is 23.7 Å². The number of ketones is 1. The summed E-state index contributed by atoms with van der Waals surface area (Å²) >= 11 is 5.92. The molecule has 4 rings (SSSR count). The Labute approximate surface area is 214 Å². The average molecular weight is 498 g/mol. The predicted octanol–water partition coefficient (Wildman–Crippen LogP) is 5.96. The predicted molar refractivity (Wildman–Crippen MR) is 139 cm³/mol. The third kappa shape index (κ3) is 6.46. The minimum absolute atomic E-state index is 0.0999. The highest BCUT2D eigenvalue weighted by Crippen LogP contribution is 2.18. The standard InChI is InChI=1S/C30H24ClNO4/c31-25-17-15-24(16-18-25)29(34)26-13-7-8-14-27(26)30(35)36-21-28(33)32(19-22-9-3-1-4-10-22)20-23-11-5-2-6-12-23/h1-18H,19-21H2. The summed E-state index contributed by atoms with van der Waals surface area (Å²) in [6.07, 6.45) is 0. The van der Waals surface area contributed by atoms with E-state index in [0.717, 1.165) is 11.1 Å². The van der Waals surface area contributed by atoms with Crippen LogP contribution in [0.3, 0.4) is 0 Å². The summed E-state index contributed by atoms with van der Waals surface area (Å²) in [6.45, 7) is 0.303. The molecule has 0 aliphatic rings. The number of rotatable bonds is 9. The van der Waals surface area contributed by atoms with Crippen LogP contribution in [0.5, 0.6) is 0 Å². The number of carbonyl (C=O) groups excluding carboxylic acids is 3. The first kappa shape index (κ1) is 24.9. The number of esters is 1. The average Bonchev–Trinajstić information content (AvgIpc) is 2.92. The van der Waals surface area contributed by atoms with Crippen LogP contribution in [0.15, 0.2) is 109 Å². The molecule has 4 aromatic rings. The van der Waals surface area contributed by atoms with E-state index in [4.69, 9.17) is 16.3 Å². The van der Waals surface area contributed by atoms with Gasteiger partial charge < -0.3 is 9.64 Å². The normalized spacial score (nSPS) is 10.5. The molecule has 0 saturated heterocycles. The highest BCUT2D eigenvalue weighted by molar-refractivity contribution is 6.30. The molecule has 0 saturated carbocycles. The Morgan fingerprint density at radius 3 is 1.69 bits per heavy atom. The minimum Gasteiger partial charge on any atom is -0.452 e. The molecule has 6 heteroatoms. The minimum atomic E-state index is -0.736. The molecule has 180 valence electrons. The molecule has 0 aliphatic carbocycles. The largest absolute Gasteiger partial charge is 0.452 e. The molecule has 1 amide bonds. The highest BCUT2D eigenvalue weighted by atomic mass is 35.5. The number of amides is 1. The number of hydrogen-bond acceptors (Lipinski definition) is 4. The maximum atomic E-state index is 13.1. The summed E-state index contributed by atoms with van der Waals surface area (Å²) in [5, 5.41) is 0.508. The summed E-state index contributed by atoms with van der Waals surface area (Å²) in [5.41, 5.74) is 2.62. The molecule has 0 fully saturated rings. The summed E-state index contributed by atoms with van der Waals surface area (Å²) < 4.78 is 5.39. The molecule has 0 aliphatic heterocycles. The van der Waals surface area contributed by atoms with Crippen molar-refractivity contribution in [2.45, 2.75) is 13.1 Å². The van der Waals surface area contributed by atoms with Crippen molar-refractivity contribution >= 4 is 29.3 Å².